The second-order valence-electron chi connectivity index (χ2n) is 15.5. The van der Waals surface area contributed by atoms with Gasteiger partial charge in [0, 0.05) is 41.5 Å². The standard InChI is InChI=1S/C42H51N3O8/c1-19-14-16-45-28(18-19)43-32-29-30-37(48)27(9)39-31(29)40(50)42(10,53-39)52-17-15-20(2)23(5)24(6)25(7)36(47)26(8)35(46)21(3)12-11-13-22(4)41(51)44-33(34(32)45)38(30)49/h11-18,20-21,23-26,35-36,46-49H,1-10H3,(H,44,51)/b12-11+,17-15+,22-13+/t20-,21-,23+,24+,25-,26+,35-,36-,42-/m0/s1. The second-order valence-corrected chi connectivity index (χ2v) is 15.5. The van der Waals surface area contributed by atoms with E-state index < -0.39 is 41.4 Å². The summed E-state index contributed by atoms with van der Waals surface area (Å²) >= 11 is 0. The van der Waals surface area contributed by atoms with Gasteiger partial charge in [0.05, 0.1) is 29.4 Å². The predicted molar refractivity (Wildman–Crippen MR) is 205 cm³/mol. The summed E-state index contributed by atoms with van der Waals surface area (Å²) in [5.74, 6) is -4.33. The van der Waals surface area contributed by atoms with Crippen LogP contribution in [0, 0.1) is 49.4 Å². The van der Waals surface area contributed by atoms with Gasteiger partial charge in [0.1, 0.15) is 33.9 Å². The number of ether oxygens (including phenoxy) is 2. The predicted octanol–water partition coefficient (Wildman–Crippen LogP) is 7.48. The van der Waals surface area contributed by atoms with Crippen molar-refractivity contribution < 1.29 is 39.5 Å². The summed E-state index contributed by atoms with van der Waals surface area (Å²) in [7, 11) is 0. The molecule has 3 aliphatic heterocycles. The van der Waals surface area contributed by atoms with Crippen molar-refractivity contribution in [2.24, 2.45) is 35.5 Å². The molecule has 0 saturated carbocycles. The highest BCUT2D eigenvalue weighted by atomic mass is 16.7. The first-order chi connectivity index (χ1) is 24.9. The lowest BCUT2D eigenvalue weighted by molar-refractivity contribution is -0.112. The van der Waals surface area contributed by atoms with Crippen molar-refractivity contribution >= 4 is 44.8 Å². The number of aryl methyl sites for hydroxylation is 1. The lowest BCUT2D eigenvalue weighted by Crippen LogP contribution is -2.40. The number of pyridine rings is 1. The summed E-state index contributed by atoms with van der Waals surface area (Å²) in [5.41, 5.74) is 2.61. The third-order valence-corrected chi connectivity index (χ3v) is 12.0. The fourth-order valence-corrected chi connectivity index (χ4v) is 7.79. The number of allylic oxidation sites excluding steroid dienone is 3. The number of phenols is 2. The highest BCUT2D eigenvalue weighted by Gasteiger charge is 2.49. The number of aliphatic hydroxyl groups is 2. The topological polar surface area (TPSA) is 163 Å². The van der Waals surface area contributed by atoms with Crippen molar-refractivity contribution in [3.63, 3.8) is 0 Å². The largest absolute Gasteiger partial charge is 0.507 e. The van der Waals surface area contributed by atoms with Gasteiger partial charge >= 0.3 is 5.79 Å². The maximum atomic E-state index is 14.5. The zero-order valence-electron chi connectivity index (χ0n) is 32.1. The molecule has 5 N–H and O–H groups in total. The van der Waals surface area contributed by atoms with E-state index in [2.05, 4.69) is 19.2 Å². The van der Waals surface area contributed by atoms with Gasteiger partial charge in [-0.3, -0.25) is 14.0 Å². The molecule has 7 rings (SSSR count). The van der Waals surface area contributed by atoms with Crippen LogP contribution < -0.4 is 10.1 Å². The van der Waals surface area contributed by atoms with E-state index in [9.17, 15) is 30.0 Å². The van der Waals surface area contributed by atoms with Crippen LogP contribution in [0.3, 0.4) is 0 Å². The molecule has 3 aliphatic rings. The quantitative estimate of drug-likeness (QED) is 0.116. The van der Waals surface area contributed by atoms with Crippen LogP contribution in [0.25, 0.3) is 27.5 Å². The molecule has 0 saturated heterocycles. The fraction of sp³-hybridized carbons (Fsp3) is 0.452. The number of aliphatic hydroxyl groups excluding tert-OH is 2. The Bertz CT molecular complexity index is 2230. The number of fused-ring (bicyclic) bond motifs is 14. The van der Waals surface area contributed by atoms with E-state index in [1.165, 1.54) is 13.2 Å². The zero-order chi connectivity index (χ0) is 38.8. The van der Waals surface area contributed by atoms with Crippen LogP contribution in [0.5, 0.6) is 17.2 Å². The number of carbonyl (C=O) groups is 2. The minimum Gasteiger partial charge on any atom is -0.507 e. The first-order valence-corrected chi connectivity index (χ1v) is 18.3. The molecule has 0 fully saturated rings. The first-order valence-electron chi connectivity index (χ1n) is 18.3. The number of hydrogen-bond donors (Lipinski definition) is 5. The summed E-state index contributed by atoms with van der Waals surface area (Å²) < 4.78 is 14.1. The van der Waals surface area contributed by atoms with Gasteiger partial charge in [-0.15, -0.1) is 0 Å². The molecule has 2 aromatic carbocycles. The SMILES string of the molecule is C/C1=C\C=C\[C@H](C)[C@H](O)[C@@H](C)[C@@H](O)[C@@H](C)[C@H](C)[C@H](C)[C@@H](C)/C=C/O[C@@]2(C)Oc3c(C)c(O)c4c(O)c(c5c(nc6cc(C)ccn65)c4c3C2=O)NC1=O. The fourth-order valence-electron chi connectivity index (χ4n) is 7.79. The van der Waals surface area contributed by atoms with Crippen molar-refractivity contribution in [1.82, 2.24) is 9.38 Å². The van der Waals surface area contributed by atoms with Gasteiger partial charge in [-0.05, 0) is 68.2 Å². The summed E-state index contributed by atoms with van der Waals surface area (Å²) in [5, 5.41) is 49.2. The number of anilines is 1. The molecule has 0 aliphatic carbocycles. The Morgan fingerprint density at radius 1 is 0.868 bits per heavy atom. The van der Waals surface area contributed by atoms with Crippen molar-refractivity contribution in [2.75, 3.05) is 5.32 Å². The van der Waals surface area contributed by atoms with E-state index in [-0.39, 0.29) is 74.2 Å². The molecule has 5 bridgehead atoms. The molecule has 2 aromatic heterocycles. The van der Waals surface area contributed by atoms with Crippen molar-refractivity contribution in [3.05, 3.63) is 71.2 Å². The van der Waals surface area contributed by atoms with Crippen molar-refractivity contribution in [2.45, 2.75) is 87.2 Å². The molecule has 282 valence electrons. The lowest BCUT2D eigenvalue weighted by Gasteiger charge is -2.36. The van der Waals surface area contributed by atoms with E-state index in [1.54, 1.807) is 42.7 Å². The van der Waals surface area contributed by atoms with Crippen molar-refractivity contribution in [1.29, 1.82) is 0 Å². The van der Waals surface area contributed by atoms with E-state index in [0.717, 1.165) is 5.56 Å². The van der Waals surface area contributed by atoms with Gasteiger partial charge in [-0.2, -0.15) is 0 Å². The number of phenolic OH excluding ortho intramolecular Hbond substituents is 2. The number of Topliss-reactive ketones (excluding diaryl/α,β-unsaturated/α-hetero) is 1. The Hall–Kier alpha value is -4.87. The molecule has 9 atom stereocenters. The Balaban J connectivity index is 1.58. The van der Waals surface area contributed by atoms with Crippen LogP contribution in [0.15, 0.2) is 54.5 Å². The third kappa shape index (κ3) is 6.23. The molecule has 53 heavy (non-hydrogen) atoms. The van der Waals surface area contributed by atoms with E-state index in [1.807, 2.05) is 52.8 Å². The number of nitrogens with one attached hydrogen (secondary N) is 1. The molecule has 0 unspecified atom stereocenters. The third-order valence-electron chi connectivity index (χ3n) is 12.0. The smallest absolute Gasteiger partial charge is 0.312 e. The van der Waals surface area contributed by atoms with E-state index >= 15 is 0 Å². The molecule has 11 heteroatoms. The minimum atomic E-state index is -1.81. The monoisotopic (exact) mass is 725 g/mol. The normalized spacial score (nSPS) is 32.4. The van der Waals surface area contributed by atoms with Gasteiger partial charge < -0.3 is 35.2 Å². The number of amides is 1. The Labute approximate surface area is 309 Å². The van der Waals surface area contributed by atoms with E-state index in [4.69, 9.17) is 14.5 Å². The number of aromatic hydroxyl groups is 2. The Morgan fingerprint density at radius 3 is 2.26 bits per heavy atom. The molecule has 0 spiro atoms. The number of hydrogen-bond acceptors (Lipinski definition) is 9. The van der Waals surface area contributed by atoms with Crippen LogP contribution in [0.4, 0.5) is 5.69 Å². The van der Waals surface area contributed by atoms with Gasteiger partial charge in [0.2, 0.25) is 0 Å². The zero-order valence-corrected chi connectivity index (χ0v) is 32.1. The molecule has 5 heterocycles. The van der Waals surface area contributed by atoms with E-state index in [0.29, 0.717) is 16.7 Å². The Morgan fingerprint density at radius 2 is 1.57 bits per heavy atom. The summed E-state index contributed by atoms with van der Waals surface area (Å²) in [6.07, 6.45) is 8.54. The van der Waals surface area contributed by atoms with Crippen LogP contribution in [-0.2, 0) is 9.53 Å². The maximum absolute atomic E-state index is 14.5. The van der Waals surface area contributed by atoms with Crippen LogP contribution in [0.2, 0.25) is 0 Å². The van der Waals surface area contributed by atoms with Gasteiger partial charge in [0.15, 0.2) is 5.75 Å². The van der Waals surface area contributed by atoms with Crippen LogP contribution in [0.1, 0.15) is 76.9 Å². The molecular weight excluding hydrogens is 674 g/mol. The van der Waals surface area contributed by atoms with Crippen LogP contribution in [-0.4, -0.2) is 59.5 Å². The summed E-state index contributed by atoms with van der Waals surface area (Å²) in [6.45, 7) is 18.5. The highest BCUT2D eigenvalue weighted by molar-refractivity contribution is 6.28. The summed E-state index contributed by atoms with van der Waals surface area (Å²) in [4.78, 5) is 33.1. The number of aromatic nitrogens is 2. The molecular formula is C42H51N3O8. The highest BCUT2D eigenvalue weighted by Crippen LogP contribution is 2.54. The first kappa shape index (κ1) is 37.9. The number of benzene rings is 2. The number of carbonyl (C=O) groups excluding carboxylic acids is 2. The van der Waals surface area contributed by atoms with Gasteiger partial charge in [-0.1, -0.05) is 59.8 Å². The average Bonchev–Trinajstić information content (AvgIpc) is 3.62. The molecule has 4 aromatic rings. The summed E-state index contributed by atoms with van der Waals surface area (Å²) in [6, 6.07) is 3.70. The number of ketones is 1. The molecule has 11 nitrogen and oxygen atoms in total. The maximum Gasteiger partial charge on any atom is 0.312 e. The molecule has 0 radical (unpaired) electrons. The van der Waals surface area contributed by atoms with Gasteiger partial charge in [0.25, 0.3) is 11.7 Å². The number of nitrogens with zero attached hydrogens (tertiary/aromatic N) is 2. The molecule has 1 amide bonds. The Kier molecular flexibility index (Phi) is 9.89. The number of imidazole rings is 1. The minimum absolute atomic E-state index is 0.000979. The van der Waals surface area contributed by atoms with Crippen LogP contribution >= 0.6 is 0 Å². The second kappa shape index (κ2) is 13.8. The van der Waals surface area contributed by atoms with Gasteiger partial charge in [-0.25, -0.2) is 4.98 Å². The lowest BCUT2D eigenvalue weighted by atomic mass is 9.72. The average molecular weight is 726 g/mol. The van der Waals surface area contributed by atoms with Crippen molar-refractivity contribution in [3.8, 4) is 17.2 Å². The number of rotatable bonds is 0.